The van der Waals surface area contributed by atoms with Crippen LogP contribution in [0.15, 0.2) is 273 Å². The topological polar surface area (TPSA) is 3.24 Å². The molecule has 0 fully saturated rings. The van der Waals surface area contributed by atoms with Crippen molar-refractivity contribution in [3.8, 4) is 55.6 Å². The number of hydrogen-bond donors (Lipinski definition) is 0. The summed E-state index contributed by atoms with van der Waals surface area (Å²) in [6, 6.07) is 100. The second-order valence-corrected chi connectivity index (χ2v) is 17.2. The van der Waals surface area contributed by atoms with Gasteiger partial charge >= 0.3 is 0 Å². The number of anilines is 3. The lowest BCUT2D eigenvalue weighted by atomic mass is 9.67. The number of hydrogen-bond acceptors (Lipinski definition) is 1. The third-order valence-electron chi connectivity index (χ3n) is 13.5. The largest absolute Gasteiger partial charge is 0.309 e. The number of rotatable bonds is 9. The van der Waals surface area contributed by atoms with E-state index in [0.717, 1.165) is 17.1 Å². The van der Waals surface area contributed by atoms with E-state index in [9.17, 15) is 0 Å². The minimum absolute atomic E-state index is 0.620. The van der Waals surface area contributed by atoms with Crippen molar-refractivity contribution in [2.75, 3.05) is 4.90 Å². The highest BCUT2D eigenvalue weighted by atomic mass is 15.1. The smallest absolute Gasteiger partial charge is 0.0714 e. The molecule has 11 aromatic rings. The lowest BCUT2D eigenvalue weighted by Gasteiger charge is -2.35. The zero-order chi connectivity index (χ0) is 43.9. The maximum atomic E-state index is 2.52. The van der Waals surface area contributed by atoms with Gasteiger partial charge in [-0.05, 0) is 114 Å². The number of fused-ring (bicyclic) bond motifs is 4. The zero-order valence-corrected chi connectivity index (χ0v) is 36.4. The Kier molecular flexibility index (Phi) is 9.81. The van der Waals surface area contributed by atoms with E-state index in [0.29, 0.717) is 0 Å². The first kappa shape index (κ1) is 39.1. The summed E-state index contributed by atoms with van der Waals surface area (Å²) in [4.78, 5) is 2.52. The molecular weight excluding hydrogens is 795 g/mol. The van der Waals surface area contributed by atoms with Gasteiger partial charge in [0.2, 0.25) is 0 Å². The Morgan fingerprint density at radius 1 is 0.273 bits per heavy atom. The van der Waals surface area contributed by atoms with Crippen LogP contribution in [0.1, 0.15) is 22.3 Å². The molecule has 1 nitrogen and oxygen atoms in total. The van der Waals surface area contributed by atoms with Crippen LogP contribution >= 0.6 is 0 Å². The Balaban J connectivity index is 1.16. The van der Waals surface area contributed by atoms with E-state index in [2.05, 4.69) is 278 Å². The van der Waals surface area contributed by atoms with Gasteiger partial charge in [0.15, 0.2) is 0 Å². The van der Waals surface area contributed by atoms with Crippen molar-refractivity contribution in [3.05, 3.63) is 295 Å². The third kappa shape index (κ3) is 6.56. The Bertz CT molecular complexity index is 3430. The van der Waals surface area contributed by atoms with Gasteiger partial charge in [0.25, 0.3) is 0 Å². The molecule has 0 aliphatic heterocycles. The molecule has 0 atom stereocenters. The minimum atomic E-state index is -0.620. The Hall–Kier alpha value is -8.52. The molecule has 0 bridgehead atoms. The van der Waals surface area contributed by atoms with Gasteiger partial charge < -0.3 is 4.90 Å². The molecule has 12 rings (SSSR count). The molecule has 1 aliphatic carbocycles. The molecule has 0 saturated heterocycles. The van der Waals surface area contributed by atoms with Crippen LogP contribution in [0, 0.1) is 0 Å². The molecule has 0 heterocycles. The van der Waals surface area contributed by atoms with Crippen molar-refractivity contribution >= 4 is 27.8 Å². The number of benzene rings is 11. The second-order valence-electron chi connectivity index (χ2n) is 17.2. The highest BCUT2D eigenvalue weighted by Gasteiger charge is 2.48. The van der Waals surface area contributed by atoms with E-state index in [-0.39, 0.29) is 0 Å². The quantitative estimate of drug-likeness (QED) is 0.140. The maximum absolute atomic E-state index is 2.52. The maximum Gasteiger partial charge on any atom is 0.0714 e. The first-order chi connectivity index (χ1) is 32.8. The van der Waals surface area contributed by atoms with Crippen molar-refractivity contribution in [3.63, 3.8) is 0 Å². The third-order valence-corrected chi connectivity index (χ3v) is 13.5. The van der Waals surface area contributed by atoms with Crippen molar-refractivity contribution in [1.82, 2.24) is 0 Å². The predicted octanol–water partition coefficient (Wildman–Crippen LogP) is 17.3. The molecule has 310 valence electrons. The zero-order valence-electron chi connectivity index (χ0n) is 36.4. The van der Waals surface area contributed by atoms with Gasteiger partial charge in [0, 0.05) is 22.3 Å². The molecule has 11 aromatic carbocycles. The summed E-state index contributed by atoms with van der Waals surface area (Å²) >= 11 is 0. The lowest BCUT2D eigenvalue weighted by molar-refractivity contribution is 0.770. The molecule has 1 heteroatoms. The van der Waals surface area contributed by atoms with E-state index < -0.39 is 5.41 Å². The summed E-state index contributed by atoms with van der Waals surface area (Å²) < 4.78 is 0. The number of nitrogens with zero attached hydrogens (tertiary/aromatic N) is 1. The highest BCUT2D eigenvalue weighted by Crippen LogP contribution is 2.61. The van der Waals surface area contributed by atoms with E-state index in [1.54, 1.807) is 0 Å². The van der Waals surface area contributed by atoms with Crippen molar-refractivity contribution in [2.24, 2.45) is 0 Å². The van der Waals surface area contributed by atoms with Crippen LogP contribution in [0.2, 0.25) is 0 Å². The van der Waals surface area contributed by atoms with E-state index in [1.165, 1.54) is 88.7 Å². The van der Waals surface area contributed by atoms with Crippen molar-refractivity contribution in [1.29, 1.82) is 0 Å². The molecule has 0 unspecified atom stereocenters. The molecule has 0 saturated carbocycles. The normalized spacial score (nSPS) is 12.4. The molecule has 0 radical (unpaired) electrons. The summed E-state index contributed by atoms with van der Waals surface area (Å²) in [6.07, 6.45) is 0. The summed E-state index contributed by atoms with van der Waals surface area (Å²) in [7, 11) is 0. The SMILES string of the molecule is c1ccc(-c2ccc(N(c3ccc(-c4ccccc4-c4ccccc4)cc3)c3c4c(cc5ccccc35)C(c3ccccc3)(c3ccccc3)c3cc(-c5ccccc5)ccc3-4)cc2)cc1. The second kappa shape index (κ2) is 16.6. The average molecular weight is 840 g/mol. The first-order valence-corrected chi connectivity index (χ1v) is 22.8. The molecule has 0 spiro atoms. The van der Waals surface area contributed by atoms with Gasteiger partial charge in [-0.3, -0.25) is 0 Å². The van der Waals surface area contributed by atoms with Crippen LogP contribution in [-0.4, -0.2) is 0 Å². The minimum Gasteiger partial charge on any atom is -0.309 e. The average Bonchev–Trinajstić information content (AvgIpc) is 3.70. The van der Waals surface area contributed by atoms with Crippen LogP contribution in [0.25, 0.3) is 66.4 Å². The van der Waals surface area contributed by atoms with Crippen molar-refractivity contribution in [2.45, 2.75) is 5.41 Å². The van der Waals surface area contributed by atoms with Crippen LogP contribution in [0.4, 0.5) is 17.1 Å². The summed E-state index contributed by atoms with van der Waals surface area (Å²) in [5.74, 6) is 0. The Labute approximate surface area is 387 Å². The van der Waals surface area contributed by atoms with Crippen LogP contribution in [0.3, 0.4) is 0 Å². The summed E-state index contributed by atoms with van der Waals surface area (Å²) in [5.41, 5.74) is 19.8. The van der Waals surface area contributed by atoms with Gasteiger partial charge in [-0.2, -0.15) is 0 Å². The summed E-state index contributed by atoms with van der Waals surface area (Å²) in [6.45, 7) is 0. The molecule has 0 aromatic heterocycles. The van der Waals surface area contributed by atoms with Crippen molar-refractivity contribution < 1.29 is 0 Å². The van der Waals surface area contributed by atoms with Crippen LogP contribution < -0.4 is 4.90 Å². The molecule has 0 amide bonds. The van der Waals surface area contributed by atoms with Gasteiger partial charge in [-0.25, -0.2) is 0 Å². The van der Waals surface area contributed by atoms with Gasteiger partial charge in [-0.1, -0.05) is 237 Å². The predicted molar refractivity (Wildman–Crippen MR) is 278 cm³/mol. The van der Waals surface area contributed by atoms with Gasteiger partial charge in [0.1, 0.15) is 0 Å². The summed E-state index contributed by atoms with van der Waals surface area (Å²) in [5, 5.41) is 2.38. The Morgan fingerprint density at radius 3 is 1.24 bits per heavy atom. The first-order valence-electron chi connectivity index (χ1n) is 22.8. The van der Waals surface area contributed by atoms with E-state index in [4.69, 9.17) is 0 Å². The highest BCUT2D eigenvalue weighted by molar-refractivity contribution is 6.11. The molecular formula is C65H45N. The fraction of sp³-hybridized carbons (Fsp3) is 0.0154. The standard InChI is InChI=1S/C65H45N/c1-6-20-46(21-7-1)48-34-39-55(40-35-48)66(56-41-36-50(37-42-56)58-32-19-18-31-57(58)49-24-10-3-11-25-49)64-59-33-17-16-26-52(59)45-62-63(64)60-43-38-51(47-22-8-2-9-23-47)44-61(60)65(62,53-27-12-4-13-28-53)54-29-14-5-15-30-54/h1-45H. The molecule has 0 N–H and O–H groups in total. The van der Waals surface area contributed by atoms with E-state index in [1.807, 2.05) is 0 Å². The fourth-order valence-electron chi connectivity index (χ4n) is 10.6. The molecule has 1 aliphatic rings. The molecule has 66 heavy (non-hydrogen) atoms. The van der Waals surface area contributed by atoms with Crippen LogP contribution in [-0.2, 0) is 5.41 Å². The van der Waals surface area contributed by atoms with Gasteiger partial charge in [0.05, 0.1) is 11.1 Å². The fourth-order valence-corrected chi connectivity index (χ4v) is 10.6. The van der Waals surface area contributed by atoms with E-state index >= 15 is 0 Å². The van der Waals surface area contributed by atoms with Gasteiger partial charge in [-0.15, -0.1) is 0 Å². The van der Waals surface area contributed by atoms with Crippen LogP contribution in [0.5, 0.6) is 0 Å². The Morgan fingerprint density at radius 2 is 0.682 bits per heavy atom. The lowest BCUT2D eigenvalue weighted by Crippen LogP contribution is -2.28. The monoisotopic (exact) mass is 839 g/mol.